The molecule has 0 heterocycles. The molecule has 0 rings (SSSR count). The van der Waals surface area contributed by atoms with E-state index in [1.165, 1.54) is 56.3 Å². The summed E-state index contributed by atoms with van der Waals surface area (Å²) in [7, 11) is 0. The molecule has 0 aromatic rings. The first-order valence-corrected chi connectivity index (χ1v) is 6.09. The first-order chi connectivity index (χ1) is 6.24. The van der Waals surface area contributed by atoms with Crippen molar-refractivity contribution in [3.63, 3.8) is 0 Å². The first kappa shape index (κ1) is 16.9. The van der Waals surface area contributed by atoms with Crippen molar-refractivity contribution in [1.29, 1.82) is 0 Å². The zero-order chi connectivity index (χ0) is 10.2. The SMILES string of the molecule is CCC[N+](CCC)(CCC)CCC.[Co+2]. The van der Waals surface area contributed by atoms with Gasteiger partial charge in [0.15, 0.2) is 0 Å². The second-order valence-electron chi connectivity index (χ2n) is 4.24. The molecule has 0 amide bonds. The van der Waals surface area contributed by atoms with Gasteiger partial charge >= 0.3 is 16.8 Å². The molecule has 87 valence electrons. The van der Waals surface area contributed by atoms with Gasteiger partial charge in [-0.15, -0.1) is 0 Å². The maximum atomic E-state index is 2.31. The molecule has 14 heavy (non-hydrogen) atoms. The molecule has 1 radical (unpaired) electrons. The molecule has 0 aliphatic heterocycles. The van der Waals surface area contributed by atoms with Crippen molar-refractivity contribution >= 4 is 0 Å². The monoisotopic (exact) mass is 245 g/mol. The Kier molecular flexibility index (Phi) is 12.1. The molecule has 0 aromatic carbocycles. The normalized spacial score (nSPS) is 11.1. The average Bonchev–Trinajstić information content (AvgIpc) is 2.06. The van der Waals surface area contributed by atoms with Crippen molar-refractivity contribution in [1.82, 2.24) is 0 Å². The molecular formula is C12H28CoN+3. The van der Waals surface area contributed by atoms with Gasteiger partial charge in [0.2, 0.25) is 0 Å². The standard InChI is InChI=1S/C12H28N.Co/c1-5-9-13(10-6-2,11-7-3)12-8-4;/h5-12H2,1-4H3;/q+1;+2. The van der Waals surface area contributed by atoms with Crippen LogP contribution in [0.2, 0.25) is 0 Å². The second-order valence-corrected chi connectivity index (χ2v) is 4.24. The molecule has 0 bridgehead atoms. The van der Waals surface area contributed by atoms with E-state index in [1.54, 1.807) is 0 Å². The summed E-state index contributed by atoms with van der Waals surface area (Å²) in [6.07, 6.45) is 5.33. The fraction of sp³-hybridized carbons (Fsp3) is 1.00. The van der Waals surface area contributed by atoms with Gasteiger partial charge in [0.05, 0.1) is 26.2 Å². The summed E-state index contributed by atoms with van der Waals surface area (Å²) in [5, 5.41) is 0. The number of hydrogen-bond donors (Lipinski definition) is 0. The maximum absolute atomic E-state index is 2.31. The predicted octanol–water partition coefficient (Wildman–Crippen LogP) is 3.44. The molecule has 2 heteroatoms. The third-order valence-corrected chi connectivity index (χ3v) is 2.79. The van der Waals surface area contributed by atoms with Crippen LogP contribution in [-0.4, -0.2) is 30.7 Å². The van der Waals surface area contributed by atoms with Gasteiger partial charge in [-0.05, 0) is 25.7 Å². The molecule has 0 aliphatic rings. The van der Waals surface area contributed by atoms with Crippen LogP contribution in [0.5, 0.6) is 0 Å². The molecule has 0 saturated carbocycles. The van der Waals surface area contributed by atoms with Gasteiger partial charge in [0.25, 0.3) is 0 Å². The summed E-state index contributed by atoms with van der Waals surface area (Å²) in [6, 6.07) is 0. The molecule has 0 saturated heterocycles. The van der Waals surface area contributed by atoms with Crippen LogP contribution in [0.1, 0.15) is 53.4 Å². The van der Waals surface area contributed by atoms with Gasteiger partial charge in [-0.2, -0.15) is 0 Å². The Morgan fingerprint density at radius 1 is 0.571 bits per heavy atom. The Hall–Kier alpha value is 0.466. The molecule has 0 spiro atoms. The fourth-order valence-corrected chi connectivity index (χ4v) is 2.57. The van der Waals surface area contributed by atoms with Crippen molar-refractivity contribution in [3.05, 3.63) is 0 Å². The topological polar surface area (TPSA) is 0 Å². The van der Waals surface area contributed by atoms with E-state index in [1.807, 2.05) is 0 Å². The van der Waals surface area contributed by atoms with Crippen LogP contribution in [-0.2, 0) is 16.8 Å². The maximum Gasteiger partial charge on any atom is 2.00 e. The van der Waals surface area contributed by atoms with E-state index < -0.39 is 0 Å². The Morgan fingerprint density at radius 3 is 0.929 bits per heavy atom. The molecular weight excluding hydrogens is 217 g/mol. The molecule has 1 nitrogen and oxygen atoms in total. The third-order valence-electron chi connectivity index (χ3n) is 2.79. The molecule has 0 aliphatic carbocycles. The zero-order valence-electron chi connectivity index (χ0n) is 10.4. The summed E-state index contributed by atoms with van der Waals surface area (Å²) >= 11 is 0. The Morgan fingerprint density at radius 2 is 0.786 bits per heavy atom. The van der Waals surface area contributed by atoms with E-state index in [0.717, 1.165) is 0 Å². The summed E-state index contributed by atoms with van der Waals surface area (Å²) in [5.74, 6) is 0. The number of hydrogen-bond acceptors (Lipinski definition) is 0. The second kappa shape index (κ2) is 10.0. The number of nitrogens with zero attached hydrogens (tertiary/aromatic N) is 1. The van der Waals surface area contributed by atoms with Crippen molar-refractivity contribution in [2.24, 2.45) is 0 Å². The van der Waals surface area contributed by atoms with Gasteiger partial charge in [0, 0.05) is 0 Å². The largest absolute Gasteiger partial charge is 2.00 e. The van der Waals surface area contributed by atoms with Crippen LogP contribution in [0.4, 0.5) is 0 Å². The predicted molar refractivity (Wildman–Crippen MR) is 60.9 cm³/mol. The van der Waals surface area contributed by atoms with Gasteiger partial charge in [0.1, 0.15) is 0 Å². The molecule has 0 unspecified atom stereocenters. The molecule has 0 atom stereocenters. The Labute approximate surface area is 101 Å². The Bertz CT molecular complexity index is 85.4. The minimum absolute atomic E-state index is 0. The zero-order valence-corrected chi connectivity index (χ0v) is 11.5. The quantitative estimate of drug-likeness (QED) is 0.575. The van der Waals surface area contributed by atoms with Gasteiger partial charge in [-0.25, -0.2) is 0 Å². The minimum Gasteiger partial charge on any atom is -0.324 e. The fourth-order valence-electron chi connectivity index (χ4n) is 2.57. The van der Waals surface area contributed by atoms with Crippen LogP contribution >= 0.6 is 0 Å². The number of quaternary nitrogens is 1. The third kappa shape index (κ3) is 6.05. The van der Waals surface area contributed by atoms with E-state index in [9.17, 15) is 0 Å². The first-order valence-electron chi connectivity index (χ1n) is 6.09. The van der Waals surface area contributed by atoms with E-state index in [2.05, 4.69) is 27.7 Å². The van der Waals surface area contributed by atoms with Crippen molar-refractivity contribution < 1.29 is 21.3 Å². The van der Waals surface area contributed by atoms with Crippen LogP contribution in [0, 0.1) is 0 Å². The minimum atomic E-state index is 0. The van der Waals surface area contributed by atoms with Gasteiger partial charge in [-0.3, -0.25) is 0 Å². The van der Waals surface area contributed by atoms with Crippen LogP contribution in [0.25, 0.3) is 0 Å². The van der Waals surface area contributed by atoms with Crippen molar-refractivity contribution in [2.75, 3.05) is 26.2 Å². The summed E-state index contributed by atoms with van der Waals surface area (Å²) in [5.41, 5.74) is 0. The van der Waals surface area contributed by atoms with E-state index in [4.69, 9.17) is 0 Å². The van der Waals surface area contributed by atoms with Crippen molar-refractivity contribution in [2.45, 2.75) is 53.4 Å². The van der Waals surface area contributed by atoms with Crippen LogP contribution in [0.3, 0.4) is 0 Å². The van der Waals surface area contributed by atoms with E-state index in [-0.39, 0.29) is 16.8 Å². The summed E-state index contributed by atoms with van der Waals surface area (Å²) in [6.45, 7) is 14.8. The number of rotatable bonds is 8. The molecule has 0 aromatic heterocycles. The molecule has 0 N–H and O–H groups in total. The van der Waals surface area contributed by atoms with Gasteiger partial charge < -0.3 is 4.48 Å². The molecule has 0 fully saturated rings. The van der Waals surface area contributed by atoms with E-state index in [0.29, 0.717) is 0 Å². The Balaban J connectivity index is 0. The summed E-state index contributed by atoms with van der Waals surface area (Å²) in [4.78, 5) is 0. The smallest absolute Gasteiger partial charge is 0.324 e. The average molecular weight is 245 g/mol. The van der Waals surface area contributed by atoms with Crippen LogP contribution < -0.4 is 0 Å². The van der Waals surface area contributed by atoms with Gasteiger partial charge in [-0.1, -0.05) is 27.7 Å². The van der Waals surface area contributed by atoms with Crippen molar-refractivity contribution in [3.8, 4) is 0 Å². The van der Waals surface area contributed by atoms with Crippen LogP contribution in [0.15, 0.2) is 0 Å². The summed E-state index contributed by atoms with van der Waals surface area (Å²) < 4.78 is 1.38. The van der Waals surface area contributed by atoms with E-state index >= 15 is 0 Å².